The summed E-state index contributed by atoms with van der Waals surface area (Å²) < 4.78 is 59.2. The Morgan fingerprint density at radius 1 is 1.12 bits per heavy atom. The van der Waals surface area contributed by atoms with Crippen LogP contribution in [-0.2, 0) is 9.84 Å². The van der Waals surface area contributed by atoms with E-state index in [4.69, 9.17) is 4.74 Å². The molecule has 2 aromatic rings. The standard InChI is InChI=1S/C18H14F2O5S/c1-24-14-7-6-11(9-15(14)25-18(19)20)8-12-10-26(22,23)16-5-3-2-4-13(16)17(12)21/h2-9,18H,10H2,1H3/b12-8-. The normalized spacial score (nSPS) is 17.2. The van der Waals surface area contributed by atoms with Crippen LogP contribution in [-0.4, -0.2) is 33.7 Å². The van der Waals surface area contributed by atoms with E-state index in [1.54, 1.807) is 12.1 Å². The fraction of sp³-hybridized carbons (Fsp3) is 0.167. The number of ketones is 1. The highest BCUT2D eigenvalue weighted by Crippen LogP contribution is 2.32. The van der Waals surface area contributed by atoms with Crippen LogP contribution in [0.1, 0.15) is 15.9 Å². The number of Topliss-reactive ketones (excluding diaryl/α,β-unsaturated/α-hetero) is 1. The third-order valence-electron chi connectivity index (χ3n) is 3.85. The van der Waals surface area contributed by atoms with Gasteiger partial charge in [0.1, 0.15) is 0 Å². The van der Waals surface area contributed by atoms with Gasteiger partial charge in [-0.05, 0) is 35.9 Å². The van der Waals surface area contributed by atoms with E-state index in [2.05, 4.69) is 4.74 Å². The zero-order valence-corrected chi connectivity index (χ0v) is 14.4. The van der Waals surface area contributed by atoms with Gasteiger partial charge in [-0.3, -0.25) is 4.79 Å². The van der Waals surface area contributed by atoms with Crippen molar-refractivity contribution in [3.8, 4) is 11.5 Å². The van der Waals surface area contributed by atoms with Crippen LogP contribution in [0.25, 0.3) is 6.08 Å². The van der Waals surface area contributed by atoms with Crippen LogP contribution in [0.5, 0.6) is 11.5 Å². The molecule has 0 radical (unpaired) electrons. The van der Waals surface area contributed by atoms with Crippen molar-refractivity contribution in [2.75, 3.05) is 12.9 Å². The first kappa shape index (κ1) is 18.1. The molecular formula is C18H14F2O5S. The number of hydrogen-bond donors (Lipinski definition) is 0. The lowest BCUT2D eigenvalue weighted by molar-refractivity contribution is -0.0512. The van der Waals surface area contributed by atoms with Crippen molar-refractivity contribution >= 4 is 21.7 Å². The number of rotatable bonds is 4. The number of carbonyl (C=O) groups excluding carboxylic acids is 1. The molecule has 0 atom stereocenters. The van der Waals surface area contributed by atoms with Gasteiger partial charge in [-0.2, -0.15) is 8.78 Å². The number of ether oxygens (including phenoxy) is 2. The van der Waals surface area contributed by atoms with Crippen LogP contribution >= 0.6 is 0 Å². The van der Waals surface area contributed by atoms with E-state index in [9.17, 15) is 22.0 Å². The van der Waals surface area contributed by atoms with Gasteiger partial charge in [-0.1, -0.05) is 18.2 Å². The number of halogens is 2. The first-order valence-corrected chi connectivity index (χ1v) is 9.17. The highest BCUT2D eigenvalue weighted by Gasteiger charge is 2.32. The minimum atomic E-state index is -3.65. The van der Waals surface area contributed by atoms with Gasteiger partial charge in [0.05, 0.1) is 17.8 Å². The van der Waals surface area contributed by atoms with Crippen LogP contribution < -0.4 is 9.47 Å². The van der Waals surface area contributed by atoms with E-state index in [1.165, 1.54) is 43.5 Å². The molecule has 0 N–H and O–H groups in total. The first-order valence-electron chi connectivity index (χ1n) is 7.52. The Bertz CT molecular complexity index is 996. The number of fused-ring (bicyclic) bond motifs is 1. The van der Waals surface area contributed by atoms with Crippen molar-refractivity contribution in [2.45, 2.75) is 11.5 Å². The number of alkyl halides is 2. The maximum atomic E-state index is 12.6. The second kappa shape index (κ2) is 6.87. The molecule has 1 aliphatic rings. The van der Waals surface area contributed by atoms with Crippen molar-refractivity contribution in [2.24, 2.45) is 0 Å². The highest BCUT2D eigenvalue weighted by atomic mass is 32.2. The molecule has 8 heteroatoms. The smallest absolute Gasteiger partial charge is 0.387 e. The zero-order valence-electron chi connectivity index (χ0n) is 13.6. The van der Waals surface area contributed by atoms with Crippen LogP contribution in [0, 0.1) is 0 Å². The molecule has 26 heavy (non-hydrogen) atoms. The topological polar surface area (TPSA) is 69.7 Å². The monoisotopic (exact) mass is 380 g/mol. The molecule has 136 valence electrons. The summed E-state index contributed by atoms with van der Waals surface area (Å²) in [6, 6.07) is 10.2. The lowest BCUT2D eigenvalue weighted by Crippen LogP contribution is -2.24. The number of carbonyl (C=O) groups is 1. The third-order valence-corrected chi connectivity index (χ3v) is 5.57. The average Bonchev–Trinajstić information content (AvgIpc) is 2.59. The SMILES string of the molecule is COc1ccc(/C=C2/CS(=O)(=O)c3ccccc3C2=O)cc1OC(F)F. The summed E-state index contributed by atoms with van der Waals surface area (Å²) in [5.74, 6) is -0.980. The lowest BCUT2D eigenvalue weighted by Gasteiger charge is -2.18. The molecule has 0 amide bonds. The van der Waals surface area contributed by atoms with E-state index in [0.29, 0.717) is 5.56 Å². The third kappa shape index (κ3) is 3.45. The van der Waals surface area contributed by atoms with E-state index in [1.807, 2.05) is 0 Å². The van der Waals surface area contributed by atoms with Crippen LogP contribution in [0.2, 0.25) is 0 Å². The summed E-state index contributed by atoms with van der Waals surface area (Å²) in [5.41, 5.74) is 0.499. The van der Waals surface area contributed by atoms with Gasteiger partial charge < -0.3 is 9.47 Å². The second-order valence-electron chi connectivity index (χ2n) is 5.54. The summed E-state index contributed by atoms with van der Waals surface area (Å²) in [4.78, 5) is 12.6. The van der Waals surface area contributed by atoms with E-state index in [-0.39, 0.29) is 27.5 Å². The maximum absolute atomic E-state index is 12.6. The number of benzene rings is 2. The fourth-order valence-electron chi connectivity index (χ4n) is 2.73. The predicted molar refractivity (Wildman–Crippen MR) is 90.4 cm³/mol. The predicted octanol–water partition coefficient (Wildman–Crippen LogP) is 3.35. The molecule has 0 saturated heterocycles. The molecular weight excluding hydrogens is 366 g/mol. The highest BCUT2D eigenvalue weighted by molar-refractivity contribution is 7.91. The van der Waals surface area contributed by atoms with Crippen molar-refractivity contribution < 1.29 is 31.5 Å². The molecule has 0 unspecified atom stereocenters. The minimum absolute atomic E-state index is 0.00129. The molecule has 0 fully saturated rings. The van der Waals surface area contributed by atoms with Gasteiger partial charge in [0, 0.05) is 11.1 Å². The van der Waals surface area contributed by atoms with E-state index < -0.39 is 28.0 Å². The summed E-state index contributed by atoms with van der Waals surface area (Å²) >= 11 is 0. The Labute approximate surface area is 148 Å². The molecule has 1 heterocycles. The van der Waals surface area contributed by atoms with Gasteiger partial charge in [-0.25, -0.2) is 8.42 Å². The molecule has 3 rings (SSSR count). The average molecular weight is 380 g/mol. The van der Waals surface area contributed by atoms with E-state index in [0.717, 1.165) is 0 Å². The summed E-state index contributed by atoms with van der Waals surface area (Å²) in [6.07, 6.45) is 1.35. The lowest BCUT2D eigenvalue weighted by atomic mass is 10.0. The van der Waals surface area contributed by atoms with Gasteiger partial charge >= 0.3 is 6.61 Å². The van der Waals surface area contributed by atoms with Crippen LogP contribution in [0.4, 0.5) is 8.78 Å². The van der Waals surface area contributed by atoms with Crippen molar-refractivity contribution in [1.82, 2.24) is 0 Å². The molecule has 1 aliphatic heterocycles. The van der Waals surface area contributed by atoms with Crippen molar-refractivity contribution in [3.63, 3.8) is 0 Å². The number of methoxy groups -OCH3 is 1. The Kier molecular flexibility index (Phi) is 4.78. The molecule has 0 spiro atoms. The molecule has 5 nitrogen and oxygen atoms in total. The van der Waals surface area contributed by atoms with Gasteiger partial charge in [0.25, 0.3) is 0 Å². The zero-order chi connectivity index (χ0) is 18.9. The van der Waals surface area contributed by atoms with Gasteiger partial charge in [0.15, 0.2) is 27.1 Å². The number of sulfone groups is 1. The fourth-order valence-corrected chi connectivity index (χ4v) is 4.29. The Balaban J connectivity index is 2.05. The first-order chi connectivity index (χ1) is 12.3. The van der Waals surface area contributed by atoms with Gasteiger partial charge in [0.2, 0.25) is 0 Å². The molecule has 0 aromatic heterocycles. The Morgan fingerprint density at radius 3 is 2.54 bits per heavy atom. The van der Waals surface area contributed by atoms with Gasteiger partial charge in [-0.15, -0.1) is 0 Å². The maximum Gasteiger partial charge on any atom is 0.387 e. The minimum Gasteiger partial charge on any atom is -0.493 e. The second-order valence-corrected chi connectivity index (χ2v) is 7.50. The molecule has 0 saturated carbocycles. The number of hydrogen-bond acceptors (Lipinski definition) is 5. The Hall–Kier alpha value is -2.74. The van der Waals surface area contributed by atoms with Crippen LogP contribution in [0.15, 0.2) is 52.9 Å². The van der Waals surface area contributed by atoms with Crippen molar-refractivity contribution in [3.05, 3.63) is 59.2 Å². The summed E-state index contributed by atoms with van der Waals surface area (Å²) in [5, 5.41) is 0. The molecule has 0 aliphatic carbocycles. The summed E-state index contributed by atoms with van der Waals surface area (Å²) in [7, 11) is -2.35. The van der Waals surface area contributed by atoms with Crippen molar-refractivity contribution in [1.29, 1.82) is 0 Å². The largest absolute Gasteiger partial charge is 0.493 e. The Morgan fingerprint density at radius 2 is 1.85 bits per heavy atom. The molecule has 0 bridgehead atoms. The van der Waals surface area contributed by atoms with Crippen LogP contribution in [0.3, 0.4) is 0 Å². The molecule has 2 aromatic carbocycles. The quantitative estimate of drug-likeness (QED) is 0.761. The summed E-state index contributed by atoms with van der Waals surface area (Å²) in [6.45, 7) is -3.05. The van der Waals surface area contributed by atoms with E-state index >= 15 is 0 Å².